The van der Waals surface area contributed by atoms with Crippen molar-refractivity contribution >= 4 is 11.6 Å². The maximum atomic E-state index is 12.2. The number of carbonyl (C=O) groups is 1. The number of amides is 1. The van der Waals surface area contributed by atoms with Gasteiger partial charge in [0, 0.05) is 31.8 Å². The number of rotatable bonds is 5. The molecule has 2 rings (SSSR count). The van der Waals surface area contributed by atoms with Crippen LogP contribution in [0.3, 0.4) is 0 Å². The van der Waals surface area contributed by atoms with Gasteiger partial charge in [0.05, 0.1) is 11.3 Å². The van der Waals surface area contributed by atoms with Crippen LogP contribution in [0.25, 0.3) is 0 Å². The summed E-state index contributed by atoms with van der Waals surface area (Å²) < 4.78 is 0. The van der Waals surface area contributed by atoms with Gasteiger partial charge in [0.2, 0.25) is 5.91 Å². The summed E-state index contributed by atoms with van der Waals surface area (Å²) in [5, 5.41) is 14.0. The minimum Gasteiger partial charge on any atom is -0.344 e. The van der Waals surface area contributed by atoms with Gasteiger partial charge in [-0.15, -0.1) is 0 Å². The summed E-state index contributed by atoms with van der Waals surface area (Å²) >= 11 is 0. The van der Waals surface area contributed by atoms with E-state index in [-0.39, 0.29) is 18.0 Å². The maximum absolute atomic E-state index is 12.2. The molecule has 0 saturated carbocycles. The average molecular weight is 291 g/mol. The average Bonchev–Trinajstić information content (AvgIpc) is 2.48. The first-order valence-electron chi connectivity index (χ1n) is 7.27. The minimum atomic E-state index is -0.438. The number of carbonyl (C=O) groups excluding carboxylic acids is 1. The van der Waals surface area contributed by atoms with Crippen LogP contribution in [0.5, 0.6) is 0 Å². The lowest BCUT2D eigenvalue weighted by molar-refractivity contribution is -0.384. The van der Waals surface area contributed by atoms with E-state index < -0.39 is 4.92 Å². The molecule has 0 aromatic heterocycles. The molecule has 1 aliphatic rings. The lowest BCUT2D eigenvalue weighted by Gasteiger charge is -2.28. The van der Waals surface area contributed by atoms with Gasteiger partial charge in [-0.05, 0) is 24.9 Å². The van der Waals surface area contributed by atoms with Crippen LogP contribution < -0.4 is 5.32 Å². The Kier molecular flexibility index (Phi) is 5.27. The number of nitrogens with zero attached hydrogens (tertiary/aromatic N) is 2. The number of likely N-dealkylation sites (N-methyl/N-ethyl adjacent to an activating group) is 1. The van der Waals surface area contributed by atoms with E-state index in [9.17, 15) is 14.9 Å². The molecular formula is C15H21N3O3. The van der Waals surface area contributed by atoms with Gasteiger partial charge in [-0.2, -0.15) is 0 Å². The number of benzene rings is 1. The largest absolute Gasteiger partial charge is 0.344 e. The second-order valence-electron chi connectivity index (χ2n) is 5.52. The predicted molar refractivity (Wildman–Crippen MR) is 80.1 cm³/mol. The van der Waals surface area contributed by atoms with Crippen molar-refractivity contribution in [3.05, 3.63) is 39.9 Å². The summed E-state index contributed by atoms with van der Waals surface area (Å²) in [6.45, 7) is 1.74. The number of nitrogens with one attached hydrogen (secondary N) is 1. The Hall–Kier alpha value is -1.95. The molecule has 1 heterocycles. The maximum Gasteiger partial charge on any atom is 0.269 e. The van der Waals surface area contributed by atoms with Crippen LogP contribution in [-0.2, 0) is 11.2 Å². The molecule has 0 radical (unpaired) electrons. The third-order valence-corrected chi connectivity index (χ3v) is 3.83. The van der Waals surface area contributed by atoms with Crippen molar-refractivity contribution in [3.8, 4) is 0 Å². The van der Waals surface area contributed by atoms with Gasteiger partial charge in [0.15, 0.2) is 0 Å². The summed E-state index contributed by atoms with van der Waals surface area (Å²) in [7, 11) is 1.81. The highest BCUT2D eigenvalue weighted by Gasteiger charge is 2.18. The van der Waals surface area contributed by atoms with Crippen molar-refractivity contribution in [1.82, 2.24) is 10.2 Å². The Labute approximate surface area is 124 Å². The van der Waals surface area contributed by atoms with E-state index in [1.54, 1.807) is 17.0 Å². The van der Waals surface area contributed by atoms with Crippen molar-refractivity contribution in [2.45, 2.75) is 31.7 Å². The van der Waals surface area contributed by atoms with Crippen LogP contribution in [-0.4, -0.2) is 41.9 Å². The molecule has 0 bridgehead atoms. The fourth-order valence-corrected chi connectivity index (χ4v) is 2.56. The summed E-state index contributed by atoms with van der Waals surface area (Å²) in [4.78, 5) is 24.1. The lowest BCUT2D eigenvalue weighted by atomic mass is 10.0. The molecule has 1 saturated heterocycles. The van der Waals surface area contributed by atoms with E-state index in [1.165, 1.54) is 25.0 Å². The Balaban J connectivity index is 1.86. The van der Waals surface area contributed by atoms with E-state index in [4.69, 9.17) is 0 Å². The third kappa shape index (κ3) is 4.53. The quantitative estimate of drug-likeness (QED) is 0.662. The Morgan fingerprint density at radius 3 is 2.67 bits per heavy atom. The molecule has 1 amide bonds. The van der Waals surface area contributed by atoms with E-state index in [2.05, 4.69) is 5.32 Å². The van der Waals surface area contributed by atoms with E-state index in [0.29, 0.717) is 12.6 Å². The number of nitro groups is 1. The number of non-ortho nitro benzene ring substituents is 1. The summed E-state index contributed by atoms with van der Waals surface area (Å²) in [6, 6.07) is 6.53. The minimum absolute atomic E-state index is 0.0382. The van der Waals surface area contributed by atoms with Crippen LogP contribution in [0.4, 0.5) is 5.69 Å². The van der Waals surface area contributed by atoms with E-state index in [1.807, 2.05) is 7.05 Å². The van der Waals surface area contributed by atoms with Crippen LogP contribution in [0.1, 0.15) is 24.8 Å². The monoisotopic (exact) mass is 291 g/mol. The van der Waals surface area contributed by atoms with Crippen molar-refractivity contribution in [3.63, 3.8) is 0 Å². The Morgan fingerprint density at radius 1 is 1.38 bits per heavy atom. The molecule has 6 nitrogen and oxygen atoms in total. The fraction of sp³-hybridized carbons (Fsp3) is 0.533. The first-order chi connectivity index (χ1) is 10.1. The Bertz CT molecular complexity index is 495. The molecule has 1 aromatic carbocycles. The molecule has 1 atom stereocenters. The third-order valence-electron chi connectivity index (χ3n) is 3.83. The van der Waals surface area contributed by atoms with E-state index in [0.717, 1.165) is 18.5 Å². The van der Waals surface area contributed by atoms with Crippen LogP contribution >= 0.6 is 0 Å². The van der Waals surface area contributed by atoms with Crippen molar-refractivity contribution in [2.75, 3.05) is 20.1 Å². The molecule has 1 aromatic rings. The second kappa shape index (κ2) is 7.17. The molecule has 21 heavy (non-hydrogen) atoms. The number of nitro benzene ring substituents is 1. The second-order valence-corrected chi connectivity index (χ2v) is 5.52. The molecule has 1 unspecified atom stereocenters. The normalized spacial score (nSPS) is 18.2. The first-order valence-corrected chi connectivity index (χ1v) is 7.27. The first kappa shape index (κ1) is 15.4. The zero-order chi connectivity index (χ0) is 15.2. The molecule has 114 valence electrons. The highest BCUT2D eigenvalue weighted by atomic mass is 16.6. The number of piperidine rings is 1. The summed E-state index contributed by atoms with van der Waals surface area (Å²) in [5.41, 5.74) is 0.847. The molecule has 1 aliphatic heterocycles. The van der Waals surface area contributed by atoms with Gasteiger partial charge in [-0.3, -0.25) is 14.9 Å². The fourth-order valence-electron chi connectivity index (χ4n) is 2.56. The predicted octanol–water partition coefficient (Wildman–Crippen LogP) is 1.74. The molecule has 6 heteroatoms. The van der Waals surface area contributed by atoms with Gasteiger partial charge >= 0.3 is 0 Å². The van der Waals surface area contributed by atoms with Gasteiger partial charge in [-0.1, -0.05) is 18.6 Å². The zero-order valence-electron chi connectivity index (χ0n) is 12.2. The smallest absolute Gasteiger partial charge is 0.269 e. The van der Waals surface area contributed by atoms with Crippen LogP contribution in [0.2, 0.25) is 0 Å². The zero-order valence-corrected chi connectivity index (χ0v) is 12.2. The van der Waals surface area contributed by atoms with E-state index >= 15 is 0 Å². The van der Waals surface area contributed by atoms with Gasteiger partial charge in [-0.25, -0.2) is 0 Å². The SMILES string of the molecule is CN(CC1CCCCN1)C(=O)Cc1ccc([N+](=O)[O-])cc1. The highest BCUT2D eigenvalue weighted by Crippen LogP contribution is 2.13. The van der Waals surface area contributed by atoms with Crippen LogP contribution in [0.15, 0.2) is 24.3 Å². The molecule has 1 N–H and O–H groups in total. The molecule has 0 spiro atoms. The van der Waals surface area contributed by atoms with Gasteiger partial charge < -0.3 is 10.2 Å². The summed E-state index contributed by atoms with van der Waals surface area (Å²) in [5.74, 6) is 0.0382. The van der Waals surface area contributed by atoms with Crippen molar-refractivity contribution < 1.29 is 9.72 Å². The number of hydrogen-bond acceptors (Lipinski definition) is 4. The van der Waals surface area contributed by atoms with Gasteiger partial charge in [0.25, 0.3) is 5.69 Å². The topological polar surface area (TPSA) is 75.5 Å². The van der Waals surface area contributed by atoms with Crippen LogP contribution in [0, 0.1) is 10.1 Å². The number of hydrogen-bond donors (Lipinski definition) is 1. The highest BCUT2D eigenvalue weighted by molar-refractivity contribution is 5.78. The van der Waals surface area contributed by atoms with Crippen molar-refractivity contribution in [2.24, 2.45) is 0 Å². The molecule has 1 fully saturated rings. The van der Waals surface area contributed by atoms with Gasteiger partial charge in [0.1, 0.15) is 0 Å². The molecular weight excluding hydrogens is 270 g/mol. The summed E-state index contributed by atoms with van der Waals surface area (Å²) in [6.07, 6.45) is 3.80. The molecule has 0 aliphatic carbocycles. The van der Waals surface area contributed by atoms with Crippen molar-refractivity contribution in [1.29, 1.82) is 0 Å². The lowest BCUT2D eigenvalue weighted by Crippen LogP contribution is -2.44. The Morgan fingerprint density at radius 2 is 2.10 bits per heavy atom. The standard InChI is InChI=1S/C15H21N3O3/c1-17(11-13-4-2-3-9-16-13)15(19)10-12-5-7-14(8-6-12)18(20)21/h5-8,13,16H,2-4,9-11H2,1H3.